The van der Waals surface area contributed by atoms with Crippen LogP contribution in [0.25, 0.3) is 0 Å². The van der Waals surface area contributed by atoms with Gasteiger partial charge in [-0.05, 0) is 64.6 Å². The van der Waals surface area contributed by atoms with Gasteiger partial charge in [-0.1, -0.05) is 12.1 Å². The molecule has 0 amide bonds. The van der Waals surface area contributed by atoms with E-state index in [-0.39, 0.29) is 0 Å². The van der Waals surface area contributed by atoms with Gasteiger partial charge in [0.2, 0.25) is 0 Å². The van der Waals surface area contributed by atoms with Crippen LogP contribution in [-0.4, -0.2) is 7.05 Å². The maximum absolute atomic E-state index is 8.76. The van der Waals surface area contributed by atoms with E-state index in [9.17, 15) is 0 Å². The van der Waals surface area contributed by atoms with Crippen molar-refractivity contribution in [1.82, 2.24) is 0 Å². The van der Waals surface area contributed by atoms with Gasteiger partial charge in [0.05, 0.1) is 11.6 Å². The fourth-order valence-electron chi connectivity index (χ4n) is 1.75. The van der Waals surface area contributed by atoms with Crippen LogP contribution in [0.2, 0.25) is 0 Å². The molecule has 0 unspecified atom stereocenters. The van der Waals surface area contributed by atoms with Crippen LogP contribution in [0, 0.1) is 14.9 Å². The molecule has 0 aromatic heterocycles. The predicted octanol–water partition coefficient (Wildman–Crippen LogP) is 3.80. The molecule has 0 spiro atoms. The summed E-state index contributed by atoms with van der Waals surface area (Å²) in [5.41, 5.74) is 3.09. The molecule has 2 rings (SSSR count). The molecule has 0 aliphatic carbocycles. The zero-order valence-electron chi connectivity index (χ0n) is 10.1. The second kappa shape index (κ2) is 5.87. The Morgan fingerprint density at radius 2 is 1.67 bits per heavy atom. The Morgan fingerprint density at radius 3 is 2.22 bits per heavy atom. The van der Waals surface area contributed by atoms with E-state index >= 15 is 0 Å². The Labute approximate surface area is 121 Å². The third kappa shape index (κ3) is 3.23. The first-order valence-electron chi connectivity index (χ1n) is 5.65. The second-order valence-corrected chi connectivity index (χ2v) is 5.39. The Hall–Kier alpha value is -1.54. The lowest BCUT2D eigenvalue weighted by molar-refractivity contribution is 0.922. The van der Waals surface area contributed by atoms with E-state index in [1.165, 1.54) is 9.13 Å². The van der Waals surface area contributed by atoms with Crippen molar-refractivity contribution in [2.75, 3.05) is 11.9 Å². The van der Waals surface area contributed by atoms with Crippen LogP contribution in [0.4, 0.5) is 5.69 Å². The van der Waals surface area contributed by atoms with Crippen molar-refractivity contribution in [2.45, 2.75) is 6.54 Å². The highest BCUT2D eigenvalue weighted by molar-refractivity contribution is 14.1. The zero-order chi connectivity index (χ0) is 13.0. The fourth-order valence-corrected chi connectivity index (χ4v) is 2.10. The average Bonchev–Trinajstić information content (AvgIpc) is 2.41. The molecule has 2 aromatic carbocycles. The summed E-state index contributed by atoms with van der Waals surface area (Å²) in [6.07, 6.45) is 0. The summed E-state index contributed by atoms with van der Waals surface area (Å²) in [7, 11) is 2.05. The zero-order valence-corrected chi connectivity index (χ0v) is 12.3. The minimum Gasteiger partial charge on any atom is -0.370 e. The summed E-state index contributed by atoms with van der Waals surface area (Å²) in [4.78, 5) is 2.17. The SMILES string of the molecule is CN(Cc1ccc(I)cc1)c1ccc(C#N)cc1. The van der Waals surface area contributed by atoms with Gasteiger partial charge in [0, 0.05) is 22.8 Å². The molecule has 0 atom stereocenters. The van der Waals surface area contributed by atoms with E-state index in [0.29, 0.717) is 5.56 Å². The van der Waals surface area contributed by atoms with E-state index < -0.39 is 0 Å². The van der Waals surface area contributed by atoms with Crippen LogP contribution in [0.15, 0.2) is 48.5 Å². The molecule has 0 radical (unpaired) electrons. The summed E-state index contributed by atoms with van der Waals surface area (Å²) in [5.74, 6) is 0. The Bertz CT molecular complexity index is 553. The molecule has 2 nitrogen and oxygen atoms in total. The maximum atomic E-state index is 8.76. The highest BCUT2D eigenvalue weighted by Gasteiger charge is 2.02. The van der Waals surface area contributed by atoms with Gasteiger partial charge in [-0.3, -0.25) is 0 Å². The van der Waals surface area contributed by atoms with Crippen molar-refractivity contribution in [3.05, 3.63) is 63.2 Å². The van der Waals surface area contributed by atoms with E-state index in [2.05, 4.69) is 64.9 Å². The predicted molar refractivity (Wildman–Crippen MR) is 82.4 cm³/mol. The van der Waals surface area contributed by atoms with Crippen LogP contribution in [0.3, 0.4) is 0 Å². The average molecular weight is 348 g/mol. The van der Waals surface area contributed by atoms with Crippen molar-refractivity contribution in [3.63, 3.8) is 0 Å². The molecule has 0 saturated heterocycles. The topological polar surface area (TPSA) is 27.0 Å². The van der Waals surface area contributed by atoms with Crippen molar-refractivity contribution in [3.8, 4) is 6.07 Å². The molecular formula is C15H13IN2. The molecule has 0 bridgehead atoms. The van der Waals surface area contributed by atoms with Gasteiger partial charge in [-0.25, -0.2) is 0 Å². The van der Waals surface area contributed by atoms with E-state index in [1.54, 1.807) is 0 Å². The van der Waals surface area contributed by atoms with Gasteiger partial charge in [0.15, 0.2) is 0 Å². The Morgan fingerprint density at radius 1 is 1.06 bits per heavy atom. The molecule has 3 heteroatoms. The third-order valence-electron chi connectivity index (χ3n) is 2.77. The first kappa shape index (κ1) is 12.9. The van der Waals surface area contributed by atoms with Crippen LogP contribution in [0.1, 0.15) is 11.1 Å². The third-order valence-corrected chi connectivity index (χ3v) is 3.49. The maximum Gasteiger partial charge on any atom is 0.0991 e. The highest BCUT2D eigenvalue weighted by atomic mass is 127. The number of halogens is 1. The molecule has 0 heterocycles. The number of anilines is 1. The molecule has 0 N–H and O–H groups in total. The monoisotopic (exact) mass is 348 g/mol. The second-order valence-electron chi connectivity index (χ2n) is 4.14. The molecule has 0 aliphatic heterocycles. The summed E-state index contributed by atoms with van der Waals surface area (Å²) in [6, 6.07) is 18.3. The number of benzene rings is 2. The van der Waals surface area contributed by atoms with Crippen molar-refractivity contribution >= 4 is 28.3 Å². The van der Waals surface area contributed by atoms with Crippen LogP contribution < -0.4 is 4.90 Å². The van der Waals surface area contributed by atoms with Gasteiger partial charge in [-0.2, -0.15) is 5.26 Å². The summed E-state index contributed by atoms with van der Waals surface area (Å²) in [6.45, 7) is 0.864. The number of nitrogens with zero attached hydrogens (tertiary/aromatic N) is 2. The fraction of sp³-hybridized carbons (Fsp3) is 0.133. The number of nitriles is 1. The lowest BCUT2D eigenvalue weighted by Crippen LogP contribution is -2.16. The minimum absolute atomic E-state index is 0.696. The highest BCUT2D eigenvalue weighted by Crippen LogP contribution is 2.16. The van der Waals surface area contributed by atoms with Crippen LogP contribution >= 0.6 is 22.6 Å². The summed E-state index contributed by atoms with van der Waals surface area (Å²) >= 11 is 2.31. The van der Waals surface area contributed by atoms with Crippen LogP contribution in [0.5, 0.6) is 0 Å². The number of hydrogen-bond acceptors (Lipinski definition) is 2. The number of rotatable bonds is 3. The molecule has 18 heavy (non-hydrogen) atoms. The summed E-state index contributed by atoms with van der Waals surface area (Å²) in [5, 5.41) is 8.76. The van der Waals surface area contributed by atoms with Crippen molar-refractivity contribution in [2.24, 2.45) is 0 Å². The molecular weight excluding hydrogens is 335 g/mol. The van der Waals surface area contributed by atoms with Gasteiger partial charge in [0.1, 0.15) is 0 Å². The van der Waals surface area contributed by atoms with Gasteiger partial charge in [0.25, 0.3) is 0 Å². The molecule has 0 saturated carbocycles. The van der Waals surface area contributed by atoms with Crippen LogP contribution in [-0.2, 0) is 6.54 Å². The Kier molecular flexibility index (Phi) is 4.21. The quantitative estimate of drug-likeness (QED) is 0.789. The number of hydrogen-bond donors (Lipinski definition) is 0. The Balaban J connectivity index is 2.09. The van der Waals surface area contributed by atoms with Crippen molar-refractivity contribution < 1.29 is 0 Å². The molecule has 0 aliphatic rings. The normalized spacial score (nSPS) is 9.83. The van der Waals surface area contributed by atoms with Gasteiger partial charge in [-0.15, -0.1) is 0 Å². The van der Waals surface area contributed by atoms with E-state index in [1.807, 2.05) is 24.3 Å². The minimum atomic E-state index is 0.696. The lowest BCUT2D eigenvalue weighted by Gasteiger charge is -2.19. The first-order chi connectivity index (χ1) is 8.69. The molecule has 2 aromatic rings. The molecule has 90 valence electrons. The largest absolute Gasteiger partial charge is 0.370 e. The van der Waals surface area contributed by atoms with E-state index in [0.717, 1.165) is 12.2 Å². The van der Waals surface area contributed by atoms with Crippen molar-refractivity contribution in [1.29, 1.82) is 5.26 Å². The van der Waals surface area contributed by atoms with E-state index in [4.69, 9.17) is 5.26 Å². The lowest BCUT2D eigenvalue weighted by atomic mass is 10.2. The smallest absolute Gasteiger partial charge is 0.0991 e. The molecule has 0 fully saturated rings. The van der Waals surface area contributed by atoms with Gasteiger partial charge >= 0.3 is 0 Å². The standard InChI is InChI=1S/C15H13IN2/c1-18(11-13-2-6-14(16)7-3-13)15-8-4-12(10-17)5-9-15/h2-9H,11H2,1H3. The summed E-state index contributed by atoms with van der Waals surface area (Å²) < 4.78 is 1.25. The first-order valence-corrected chi connectivity index (χ1v) is 6.72. The van der Waals surface area contributed by atoms with Gasteiger partial charge < -0.3 is 4.90 Å².